The highest BCUT2D eigenvalue weighted by Crippen LogP contribution is 2.21. The number of hydrogen-bond donors (Lipinski definition) is 1. The van der Waals surface area contributed by atoms with Gasteiger partial charge in [-0.2, -0.15) is 0 Å². The zero-order valence-corrected chi connectivity index (χ0v) is 13.2. The van der Waals surface area contributed by atoms with Crippen LogP contribution in [-0.2, 0) is 13.0 Å². The minimum atomic E-state index is 0.530. The van der Waals surface area contributed by atoms with E-state index in [1.807, 2.05) is 22.7 Å². The average molecular weight is 279 g/mol. The van der Waals surface area contributed by atoms with Gasteiger partial charge in [-0.15, -0.1) is 22.7 Å². The molecule has 0 aliphatic carbocycles. The summed E-state index contributed by atoms with van der Waals surface area (Å²) in [6.07, 6.45) is 1.13. The van der Waals surface area contributed by atoms with Crippen molar-refractivity contribution in [3.8, 4) is 0 Å². The van der Waals surface area contributed by atoms with Crippen LogP contribution in [0, 0.1) is 20.8 Å². The maximum Gasteiger partial charge on any atom is 0.0219 e. The summed E-state index contributed by atoms with van der Waals surface area (Å²) in [6, 6.07) is 7.29. The number of rotatable bonds is 5. The van der Waals surface area contributed by atoms with E-state index in [1.165, 1.54) is 25.1 Å². The van der Waals surface area contributed by atoms with Crippen LogP contribution in [0.1, 0.15) is 32.0 Å². The molecule has 2 aromatic heterocycles. The molecule has 0 aliphatic heterocycles. The number of hydrogen-bond acceptors (Lipinski definition) is 3. The molecule has 2 aromatic rings. The Bertz CT molecular complexity index is 510. The summed E-state index contributed by atoms with van der Waals surface area (Å²) in [4.78, 5) is 5.73. The molecule has 0 aliphatic rings. The molecule has 0 radical (unpaired) electrons. The molecule has 3 heteroatoms. The van der Waals surface area contributed by atoms with Gasteiger partial charge < -0.3 is 5.32 Å². The van der Waals surface area contributed by atoms with Crippen LogP contribution in [0.2, 0.25) is 0 Å². The van der Waals surface area contributed by atoms with Crippen LogP contribution in [0.5, 0.6) is 0 Å². The molecular weight excluding hydrogens is 258 g/mol. The Morgan fingerprint density at radius 1 is 1.11 bits per heavy atom. The summed E-state index contributed by atoms with van der Waals surface area (Å²) in [5.74, 6) is 0. The van der Waals surface area contributed by atoms with Gasteiger partial charge in [-0.1, -0.05) is 0 Å². The Labute approximate surface area is 118 Å². The second-order valence-corrected chi connectivity index (χ2v) is 7.77. The molecular formula is C15H21NS2. The molecule has 0 spiro atoms. The van der Waals surface area contributed by atoms with E-state index in [0.29, 0.717) is 6.04 Å². The van der Waals surface area contributed by atoms with Crippen LogP contribution in [0.15, 0.2) is 18.2 Å². The summed E-state index contributed by atoms with van der Waals surface area (Å²) in [5, 5.41) is 3.62. The molecule has 0 saturated heterocycles. The van der Waals surface area contributed by atoms with Gasteiger partial charge in [0.2, 0.25) is 0 Å². The minimum Gasteiger partial charge on any atom is -0.310 e. The SMILES string of the molecule is Cc1ccc(CC(C)NCc2cc(C)sc2C)s1. The van der Waals surface area contributed by atoms with Crippen molar-refractivity contribution < 1.29 is 0 Å². The van der Waals surface area contributed by atoms with Crippen LogP contribution in [0.3, 0.4) is 0 Å². The first-order chi connectivity index (χ1) is 8.54. The van der Waals surface area contributed by atoms with Crippen LogP contribution >= 0.6 is 22.7 Å². The Morgan fingerprint density at radius 3 is 2.44 bits per heavy atom. The van der Waals surface area contributed by atoms with Crippen LogP contribution < -0.4 is 5.32 Å². The zero-order chi connectivity index (χ0) is 13.1. The Kier molecular flexibility index (Phi) is 4.60. The first-order valence-corrected chi connectivity index (χ1v) is 8.02. The molecule has 2 heterocycles. The summed E-state index contributed by atoms with van der Waals surface area (Å²) in [7, 11) is 0. The van der Waals surface area contributed by atoms with Crippen molar-refractivity contribution in [1.82, 2.24) is 5.32 Å². The third-order valence-corrected chi connectivity index (χ3v) is 5.12. The van der Waals surface area contributed by atoms with Gasteiger partial charge in [0.1, 0.15) is 0 Å². The van der Waals surface area contributed by atoms with Crippen molar-refractivity contribution in [1.29, 1.82) is 0 Å². The van der Waals surface area contributed by atoms with Crippen molar-refractivity contribution in [3.05, 3.63) is 43.3 Å². The fraction of sp³-hybridized carbons (Fsp3) is 0.467. The second-order valence-electron chi connectivity index (χ2n) is 4.94. The fourth-order valence-electron chi connectivity index (χ4n) is 2.11. The molecule has 0 aromatic carbocycles. The normalized spacial score (nSPS) is 12.9. The van der Waals surface area contributed by atoms with Crippen molar-refractivity contribution in [3.63, 3.8) is 0 Å². The molecule has 1 unspecified atom stereocenters. The highest BCUT2D eigenvalue weighted by atomic mass is 32.1. The molecule has 18 heavy (non-hydrogen) atoms. The Hall–Kier alpha value is -0.640. The van der Waals surface area contributed by atoms with Gasteiger partial charge in [0.25, 0.3) is 0 Å². The average Bonchev–Trinajstić information content (AvgIpc) is 2.82. The summed E-state index contributed by atoms with van der Waals surface area (Å²) in [5.41, 5.74) is 1.45. The topological polar surface area (TPSA) is 12.0 Å². The Balaban J connectivity index is 1.85. The van der Waals surface area contributed by atoms with E-state index in [0.717, 1.165) is 13.0 Å². The predicted octanol–water partition coefficient (Wildman–Crippen LogP) is 4.46. The first kappa shape index (κ1) is 13.8. The van der Waals surface area contributed by atoms with Crippen molar-refractivity contribution in [2.75, 3.05) is 0 Å². The lowest BCUT2D eigenvalue weighted by Crippen LogP contribution is -2.27. The maximum atomic E-state index is 3.62. The summed E-state index contributed by atoms with van der Waals surface area (Å²) < 4.78 is 0. The van der Waals surface area contributed by atoms with Crippen LogP contribution in [0.25, 0.3) is 0 Å². The quantitative estimate of drug-likeness (QED) is 0.852. The second kappa shape index (κ2) is 6.00. The smallest absolute Gasteiger partial charge is 0.0219 e. The summed E-state index contributed by atoms with van der Waals surface area (Å²) in [6.45, 7) is 9.82. The molecule has 0 amide bonds. The molecule has 1 atom stereocenters. The van der Waals surface area contributed by atoms with Gasteiger partial charge in [0.15, 0.2) is 0 Å². The van der Waals surface area contributed by atoms with E-state index in [-0.39, 0.29) is 0 Å². The number of thiophene rings is 2. The van der Waals surface area contributed by atoms with E-state index < -0.39 is 0 Å². The molecule has 98 valence electrons. The third kappa shape index (κ3) is 3.67. The molecule has 1 nitrogen and oxygen atoms in total. The van der Waals surface area contributed by atoms with Gasteiger partial charge in [0, 0.05) is 32.1 Å². The summed E-state index contributed by atoms with van der Waals surface area (Å²) >= 11 is 3.80. The van der Waals surface area contributed by atoms with Gasteiger partial charge in [0.05, 0.1) is 0 Å². The lowest BCUT2D eigenvalue weighted by molar-refractivity contribution is 0.548. The van der Waals surface area contributed by atoms with Gasteiger partial charge in [-0.05, 0) is 57.9 Å². The number of nitrogens with one attached hydrogen (secondary N) is 1. The largest absolute Gasteiger partial charge is 0.310 e. The predicted molar refractivity (Wildman–Crippen MR) is 82.9 cm³/mol. The Morgan fingerprint density at radius 2 is 1.89 bits per heavy atom. The number of aryl methyl sites for hydroxylation is 3. The molecule has 2 rings (SSSR count). The van der Waals surface area contributed by atoms with E-state index in [1.54, 1.807) is 0 Å². The highest BCUT2D eigenvalue weighted by Gasteiger charge is 2.07. The minimum absolute atomic E-state index is 0.530. The van der Waals surface area contributed by atoms with Crippen molar-refractivity contribution >= 4 is 22.7 Å². The zero-order valence-electron chi connectivity index (χ0n) is 11.5. The molecule has 0 bridgehead atoms. The van der Waals surface area contributed by atoms with Crippen LogP contribution in [-0.4, -0.2) is 6.04 Å². The lowest BCUT2D eigenvalue weighted by atomic mass is 10.2. The van der Waals surface area contributed by atoms with E-state index >= 15 is 0 Å². The monoisotopic (exact) mass is 279 g/mol. The van der Waals surface area contributed by atoms with Crippen molar-refractivity contribution in [2.45, 2.75) is 46.7 Å². The highest BCUT2D eigenvalue weighted by molar-refractivity contribution is 7.12. The molecule has 1 N–H and O–H groups in total. The third-order valence-electron chi connectivity index (χ3n) is 3.09. The molecule has 0 fully saturated rings. The van der Waals surface area contributed by atoms with Crippen molar-refractivity contribution in [2.24, 2.45) is 0 Å². The van der Waals surface area contributed by atoms with Gasteiger partial charge >= 0.3 is 0 Å². The van der Waals surface area contributed by atoms with Gasteiger partial charge in [-0.3, -0.25) is 0 Å². The lowest BCUT2D eigenvalue weighted by Gasteiger charge is -2.12. The maximum absolute atomic E-state index is 3.62. The fourth-order valence-corrected chi connectivity index (χ4v) is 4.08. The van der Waals surface area contributed by atoms with Crippen LogP contribution in [0.4, 0.5) is 0 Å². The first-order valence-electron chi connectivity index (χ1n) is 6.39. The van der Waals surface area contributed by atoms with E-state index in [2.05, 4.69) is 51.2 Å². The van der Waals surface area contributed by atoms with Gasteiger partial charge in [-0.25, -0.2) is 0 Å². The molecule has 0 saturated carbocycles. The van der Waals surface area contributed by atoms with E-state index in [9.17, 15) is 0 Å². The standard InChI is InChI=1S/C15H21NS2/c1-10(7-15-6-5-11(2)18-15)16-9-14-8-12(3)17-13(14)4/h5-6,8,10,16H,7,9H2,1-4H3. The van der Waals surface area contributed by atoms with E-state index in [4.69, 9.17) is 0 Å².